The summed E-state index contributed by atoms with van der Waals surface area (Å²) in [4.78, 5) is -0.0399. The van der Waals surface area contributed by atoms with Gasteiger partial charge < -0.3 is 5.14 Å². The van der Waals surface area contributed by atoms with E-state index >= 15 is 0 Å². The van der Waals surface area contributed by atoms with Crippen molar-refractivity contribution in [1.82, 2.24) is 0 Å². The second kappa shape index (κ2) is 4.60. The normalized spacial score (nSPS) is 10.5. The summed E-state index contributed by atoms with van der Waals surface area (Å²) in [5.41, 5.74) is 0. The van der Waals surface area contributed by atoms with E-state index in [9.17, 15) is 8.42 Å². The number of nitrogens with one attached hydrogen (secondary N) is 1. The van der Waals surface area contributed by atoms with Gasteiger partial charge in [-0.3, -0.25) is 0 Å². The van der Waals surface area contributed by atoms with E-state index in [1.807, 2.05) is 0 Å². The predicted molar refractivity (Wildman–Crippen MR) is 43.0 cm³/mol. The Kier molecular flexibility index (Phi) is 4.76. The van der Waals surface area contributed by atoms with E-state index in [1.54, 1.807) is 0 Å². The summed E-state index contributed by atoms with van der Waals surface area (Å²) in [5, 5.41) is 7.13. The number of rotatable bonds is 1. The first-order valence-electron chi connectivity index (χ1n) is 2.75. The molecule has 0 aliphatic carbocycles. The topological polar surface area (TPSA) is 57.9 Å². The van der Waals surface area contributed by atoms with Crippen molar-refractivity contribution < 1.29 is 38.0 Å². The third-order valence-electron chi connectivity index (χ3n) is 1.12. The van der Waals surface area contributed by atoms with Crippen LogP contribution in [0.1, 0.15) is 0 Å². The molecule has 0 atom stereocenters. The second-order valence-electron chi connectivity index (χ2n) is 1.96. The van der Waals surface area contributed by atoms with E-state index in [-0.39, 0.29) is 34.5 Å². The van der Waals surface area contributed by atoms with Crippen molar-refractivity contribution in [2.24, 2.45) is 0 Å². The van der Waals surface area contributed by atoms with Crippen LogP contribution in [0.3, 0.4) is 0 Å². The zero-order valence-corrected chi connectivity index (χ0v) is 9.98. The van der Waals surface area contributed by atoms with Crippen molar-refractivity contribution in [3.05, 3.63) is 34.4 Å². The maximum absolute atomic E-state index is 10.6. The van der Waals surface area contributed by atoms with Gasteiger partial charge in [0.05, 0.1) is 10.0 Å². The van der Waals surface area contributed by atoms with Crippen molar-refractivity contribution in [3.63, 3.8) is 0 Å². The molecular formula is C6H5ClNNaO2S. The van der Waals surface area contributed by atoms with Gasteiger partial charge in [0.15, 0.2) is 0 Å². The Balaban J connectivity index is 0.00000121. The van der Waals surface area contributed by atoms with Gasteiger partial charge in [-0.25, -0.2) is 8.42 Å². The minimum Gasteiger partial charge on any atom is -0.560 e. The monoisotopic (exact) mass is 213 g/mol. The fourth-order valence-corrected chi connectivity index (χ4v) is 1.23. The number of benzene rings is 1. The van der Waals surface area contributed by atoms with E-state index in [4.69, 9.17) is 16.7 Å². The molecule has 3 nitrogen and oxygen atoms in total. The molecular weight excluding hydrogens is 209 g/mol. The molecule has 1 aromatic rings. The summed E-state index contributed by atoms with van der Waals surface area (Å²) in [6, 6.07) is 5.46. The van der Waals surface area contributed by atoms with Crippen LogP contribution >= 0.6 is 11.6 Å². The van der Waals surface area contributed by atoms with Gasteiger partial charge in [-0.15, -0.1) is 0 Å². The van der Waals surface area contributed by atoms with Gasteiger partial charge in [-0.05, 0) is 24.3 Å². The molecule has 0 bridgehead atoms. The first kappa shape index (κ1) is 12.4. The standard InChI is InChI=1S/C6H5ClNO2S.Na/c7-5-1-3-6(4-2-5)11(8,9)10;/h1-4H,(H-,8,9,10);/q-1;+1. The Morgan fingerprint density at radius 3 is 1.92 bits per heavy atom. The first-order chi connectivity index (χ1) is 5.00. The van der Waals surface area contributed by atoms with E-state index in [1.165, 1.54) is 24.3 Å². The van der Waals surface area contributed by atoms with Crippen molar-refractivity contribution in [2.75, 3.05) is 0 Å². The molecule has 0 radical (unpaired) electrons. The summed E-state index contributed by atoms with van der Waals surface area (Å²) in [7, 11) is -3.83. The Morgan fingerprint density at radius 1 is 1.17 bits per heavy atom. The average molecular weight is 214 g/mol. The molecule has 0 spiro atoms. The van der Waals surface area contributed by atoms with Crippen LogP contribution in [0.2, 0.25) is 5.02 Å². The van der Waals surface area contributed by atoms with Gasteiger partial charge in [0.1, 0.15) is 0 Å². The molecule has 1 aromatic carbocycles. The van der Waals surface area contributed by atoms with Gasteiger partial charge in [0.2, 0.25) is 0 Å². The van der Waals surface area contributed by atoms with Crippen molar-refractivity contribution in [2.45, 2.75) is 4.90 Å². The van der Waals surface area contributed by atoms with Crippen molar-refractivity contribution >= 4 is 21.6 Å². The Hall–Kier alpha value is 0.420. The van der Waals surface area contributed by atoms with Gasteiger partial charge in [0, 0.05) is 9.92 Å². The van der Waals surface area contributed by atoms with Gasteiger partial charge in [0.25, 0.3) is 0 Å². The van der Waals surface area contributed by atoms with Gasteiger partial charge in [-0.1, -0.05) is 11.6 Å². The summed E-state index contributed by atoms with van der Waals surface area (Å²) in [6.45, 7) is 0. The maximum Gasteiger partial charge on any atom is 1.00 e. The van der Waals surface area contributed by atoms with E-state index < -0.39 is 10.0 Å². The van der Waals surface area contributed by atoms with E-state index in [2.05, 4.69) is 0 Å². The molecule has 12 heavy (non-hydrogen) atoms. The molecule has 0 saturated heterocycles. The molecule has 6 heteroatoms. The molecule has 0 saturated carbocycles. The smallest absolute Gasteiger partial charge is 0.560 e. The van der Waals surface area contributed by atoms with Crippen molar-refractivity contribution in [3.8, 4) is 0 Å². The third-order valence-corrected chi connectivity index (χ3v) is 2.27. The number of sulfonamides is 1. The van der Waals surface area contributed by atoms with Crippen LogP contribution in [0.25, 0.3) is 5.14 Å². The third kappa shape index (κ3) is 3.43. The summed E-state index contributed by atoms with van der Waals surface area (Å²) < 4.78 is 21.1. The van der Waals surface area contributed by atoms with Crippen LogP contribution in [0.4, 0.5) is 0 Å². The summed E-state index contributed by atoms with van der Waals surface area (Å²) in [6.07, 6.45) is 0. The van der Waals surface area contributed by atoms with Gasteiger partial charge >= 0.3 is 29.6 Å². The van der Waals surface area contributed by atoms with E-state index in [0.717, 1.165) is 0 Å². The quantitative estimate of drug-likeness (QED) is 0.567. The average Bonchev–Trinajstić information content (AvgIpc) is 1.86. The van der Waals surface area contributed by atoms with E-state index in [0.29, 0.717) is 5.02 Å². The molecule has 0 amide bonds. The van der Waals surface area contributed by atoms with Crippen LogP contribution < -0.4 is 29.6 Å². The molecule has 0 aliphatic rings. The molecule has 0 unspecified atom stereocenters. The number of hydrogen-bond donors (Lipinski definition) is 0. The van der Waals surface area contributed by atoms with Crippen LogP contribution in [0.5, 0.6) is 0 Å². The molecule has 0 fully saturated rings. The molecule has 0 aromatic heterocycles. The fraction of sp³-hybridized carbons (Fsp3) is 0. The molecule has 0 heterocycles. The van der Waals surface area contributed by atoms with Crippen molar-refractivity contribution in [1.29, 1.82) is 0 Å². The van der Waals surface area contributed by atoms with Crippen LogP contribution in [-0.2, 0) is 10.0 Å². The van der Waals surface area contributed by atoms with Crippen LogP contribution in [0, 0.1) is 0 Å². The molecule has 0 aliphatic heterocycles. The summed E-state index contributed by atoms with van der Waals surface area (Å²) >= 11 is 5.51. The zero-order chi connectivity index (χ0) is 8.48. The minimum atomic E-state index is -3.83. The fourth-order valence-electron chi connectivity index (χ4n) is 0.614. The first-order valence-corrected chi connectivity index (χ1v) is 4.61. The largest absolute Gasteiger partial charge is 1.00 e. The zero-order valence-electron chi connectivity index (χ0n) is 6.41. The predicted octanol–water partition coefficient (Wildman–Crippen LogP) is -0.915. The van der Waals surface area contributed by atoms with Crippen LogP contribution in [0.15, 0.2) is 29.2 Å². The molecule has 1 N–H and O–H groups in total. The van der Waals surface area contributed by atoms with Gasteiger partial charge in [-0.2, -0.15) is 0 Å². The summed E-state index contributed by atoms with van der Waals surface area (Å²) in [5.74, 6) is 0. The Bertz CT molecular complexity index is 348. The van der Waals surface area contributed by atoms with Crippen LogP contribution in [-0.4, -0.2) is 8.42 Å². The maximum atomic E-state index is 10.6. The molecule has 60 valence electrons. The number of halogens is 1. The number of hydrogen-bond acceptors (Lipinski definition) is 2. The SMILES string of the molecule is [NH-]S(=O)(=O)c1ccc(Cl)cc1.[Na+]. The Labute approximate surface area is 98.2 Å². The molecule has 1 rings (SSSR count). The Morgan fingerprint density at radius 2 is 1.58 bits per heavy atom. The second-order valence-corrected chi connectivity index (χ2v) is 3.87. The minimum absolute atomic E-state index is 0.